The highest BCUT2D eigenvalue weighted by molar-refractivity contribution is 4.88. The van der Waals surface area contributed by atoms with Crippen molar-refractivity contribution >= 4 is 0 Å². The summed E-state index contributed by atoms with van der Waals surface area (Å²) in [4.78, 5) is 9.64. The van der Waals surface area contributed by atoms with Crippen LogP contribution in [0.3, 0.4) is 0 Å². The lowest BCUT2D eigenvalue weighted by molar-refractivity contribution is -0.438. The van der Waals surface area contributed by atoms with Gasteiger partial charge < -0.3 is 30.3 Å². The van der Waals surface area contributed by atoms with Gasteiger partial charge in [-0.2, -0.15) is 0 Å². The lowest BCUT2D eigenvalue weighted by atomic mass is 9.99. The second kappa shape index (κ2) is 7.31. The number of hydrogen-bond donors (Lipinski definition) is 5. The first-order valence-corrected chi connectivity index (χ1v) is 5.74. The zero-order chi connectivity index (χ0) is 13.7. The Morgan fingerprint density at radius 3 is 2.33 bits per heavy atom. The summed E-state index contributed by atoms with van der Waals surface area (Å²) in [5.41, 5.74) is 0. The Labute approximate surface area is 104 Å². The topological polar surface area (TPSA) is 129 Å². The van der Waals surface area contributed by atoms with Gasteiger partial charge in [-0.25, -0.2) is 9.78 Å². The van der Waals surface area contributed by atoms with Gasteiger partial charge in [-0.3, -0.25) is 0 Å². The van der Waals surface area contributed by atoms with E-state index in [2.05, 4.69) is 0 Å². The highest BCUT2D eigenvalue weighted by atomic mass is 17.2. The van der Waals surface area contributed by atoms with Crippen LogP contribution in [0.25, 0.3) is 0 Å². The van der Waals surface area contributed by atoms with E-state index in [4.69, 9.17) is 24.7 Å². The molecule has 0 aromatic rings. The molecule has 108 valence electrons. The van der Waals surface area contributed by atoms with Crippen LogP contribution in [0.15, 0.2) is 0 Å². The van der Waals surface area contributed by atoms with Crippen molar-refractivity contribution in [1.82, 2.24) is 0 Å². The smallest absolute Gasteiger partial charge is 0.220 e. The van der Waals surface area contributed by atoms with Crippen LogP contribution in [-0.4, -0.2) is 75.6 Å². The third-order valence-electron chi connectivity index (χ3n) is 2.70. The Balaban J connectivity index is 2.49. The van der Waals surface area contributed by atoms with Gasteiger partial charge in [-0.15, -0.1) is 0 Å². The number of aliphatic hydroxyl groups excluding tert-OH is 5. The van der Waals surface area contributed by atoms with Crippen LogP contribution in [0.5, 0.6) is 0 Å². The summed E-state index contributed by atoms with van der Waals surface area (Å²) in [6.07, 6.45) is -6.88. The van der Waals surface area contributed by atoms with Gasteiger partial charge in [0.2, 0.25) is 6.29 Å². The molecule has 0 saturated carbocycles. The van der Waals surface area contributed by atoms with E-state index in [1.54, 1.807) is 6.92 Å². The van der Waals surface area contributed by atoms with Crippen molar-refractivity contribution in [2.24, 2.45) is 0 Å². The predicted molar refractivity (Wildman–Crippen MR) is 57.1 cm³/mol. The highest BCUT2D eigenvalue weighted by Gasteiger charge is 2.44. The van der Waals surface area contributed by atoms with Gasteiger partial charge in [0.25, 0.3) is 0 Å². The molecule has 0 spiro atoms. The van der Waals surface area contributed by atoms with Gasteiger partial charge in [0.15, 0.2) is 0 Å². The van der Waals surface area contributed by atoms with Crippen LogP contribution in [0.1, 0.15) is 13.3 Å². The molecule has 8 nitrogen and oxygen atoms in total. The van der Waals surface area contributed by atoms with Crippen molar-refractivity contribution in [2.45, 2.75) is 50.2 Å². The highest BCUT2D eigenvalue weighted by Crippen LogP contribution is 2.22. The van der Waals surface area contributed by atoms with E-state index >= 15 is 0 Å². The lowest BCUT2D eigenvalue weighted by Gasteiger charge is -2.38. The van der Waals surface area contributed by atoms with Crippen molar-refractivity contribution in [2.75, 3.05) is 13.2 Å². The fourth-order valence-electron chi connectivity index (χ4n) is 1.53. The molecule has 0 radical (unpaired) electrons. The molecule has 18 heavy (non-hydrogen) atoms. The Bertz CT molecular complexity index is 236. The average Bonchev–Trinajstić information content (AvgIpc) is 2.35. The van der Waals surface area contributed by atoms with Crippen molar-refractivity contribution in [1.29, 1.82) is 0 Å². The first-order chi connectivity index (χ1) is 8.51. The molecule has 1 aliphatic rings. The van der Waals surface area contributed by atoms with Crippen molar-refractivity contribution in [3.63, 3.8) is 0 Å². The van der Waals surface area contributed by atoms with Gasteiger partial charge in [0, 0.05) is 6.61 Å². The molecule has 1 saturated heterocycles. The van der Waals surface area contributed by atoms with E-state index in [0.29, 0.717) is 6.42 Å². The largest absolute Gasteiger partial charge is 0.396 e. The molecule has 0 aromatic heterocycles. The summed E-state index contributed by atoms with van der Waals surface area (Å²) in [6.45, 7) is 1.02. The Hall–Kier alpha value is -0.320. The van der Waals surface area contributed by atoms with Gasteiger partial charge in [-0.1, -0.05) is 0 Å². The second-order valence-corrected chi connectivity index (χ2v) is 4.21. The van der Waals surface area contributed by atoms with Gasteiger partial charge in [0.1, 0.15) is 24.4 Å². The third kappa shape index (κ3) is 3.84. The molecule has 1 rings (SSSR count). The van der Waals surface area contributed by atoms with Crippen LogP contribution in [-0.2, 0) is 14.5 Å². The Morgan fingerprint density at radius 2 is 1.78 bits per heavy atom. The van der Waals surface area contributed by atoms with Crippen molar-refractivity contribution in [3.05, 3.63) is 0 Å². The standard InChI is InChI=1S/C10H20O8/c1-5(2-3-11)17-18-10-9(15)8(14)7(13)6(4-12)16-10/h5-15H,2-4H2,1H3. The summed E-state index contributed by atoms with van der Waals surface area (Å²) in [5.74, 6) is 0. The average molecular weight is 268 g/mol. The molecule has 1 fully saturated rings. The van der Waals surface area contributed by atoms with Crippen LogP contribution >= 0.6 is 0 Å². The summed E-state index contributed by atoms with van der Waals surface area (Å²) in [6, 6.07) is 0. The van der Waals surface area contributed by atoms with E-state index in [0.717, 1.165) is 0 Å². The Morgan fingerprint density at radius 1 is 1.11 bits per heavy atom. The maximum absolute atomic E-state index is 9.59. The van der Waals surface area contributed by atoms with Gasteiger partial charge in [0.05, 0.1) is 12.7 Å². The zero-order valence-electron chi connectivity index (χ0n) is 10.0. The molecule has 1 aliphatic heterocycles. The number of aliphatic hydroxyl groups is 5. The molecular weight excluding hydrogens is 248 g/mol. The van der Waals surface area contributed by atoms with Gasteiger partial charge in [-0.05, 0) is 13.3 Å². The first-order valence-electron chi connectivity index (χ1n) is 5.74. The van der Waals surface area contributed by atoms with Crippen molar-refractivity contribution in [3.8, 4) is 0 Å². The molecule has 0 amide bonds. The molecule has 8 heteroatoms. The quantitative estimate of drug-likeness (QED) is 0.264. The van der Waals surface area contributed by atoms with Crippen molar-refractivity contribution < 1.29 is 40.0 Å². The molecule has 0 aromatic carbocycles. The first kappa shape index (κ1) is 15.7. The molecule has 0 bridgehead atoms. The van der Waals surface area contributed by atoms with E-state index < -0.39 is 43.4 Å². The zero-order valence-corrected chi connectivity index (χ0v) is 10.0. The molecule has 0 aliphatic carbocycles. The SMILES string of the molecule is CC(CCO)OOC1OC(CO)C(O)C(O)C1O. The van der Waals surface area contributed by atoms with Gasteiger partial charge >= 0.3 is 0 Å². The fraction of sp³-hybridized carbons (Fsp3) is 1.00. The summed E-state index contributed by atoms with van der Waals surface area (Å²) >= 11 is 0. The van der Waals surface area contributed by atoms with E-state index in [-0.39, 0.29) is 6.61 Å². The fourth-order valence-corrected chi connectivity index (χ4v) is 1.53. The molecule has 6 unspecified atom stereocenters. The summed E-state index contributed by atoms with van der Waals surface area (Å²) < 4.78 is 5.04. The summed E-state index contributed by atoms with van der Waals surface area (Å²) in [5, 5.41) is 46.2. The van der Waals surface area contributed by atoms with Crippen LogP contribution in [0.2, 0.25) is 0 Å². The third-order valence-corrected chi connectivity index (χ3v) is 2.70. The lowest BCUT2D eigenvalue weighted by Crippen LogP contribution is -2.59. The second-order valence-electron chi connectivity index (χ2n) is 4.21. The normalized spacial score (nSPS) is 38.7. The van der Waals surface area contributed by atoms with Crippen LogP contribution in [0.4, 0.5) is 0 Å². The van der Waals surface area contributed by atoms with Crippen LogP contribution in [0, 0.1) is 0 Å². The number of hydrogen-bond acceptors (Lipinski definition) is 8. The molecular formula is C10H20O8. The molecule has 6 atom stereocenters. The summed E-state index contributed by atoms with van der Waals surface area (Å²) in [7, 11) is 0. The maximum atomic E-state index is 9.59. The minimum Gasteiger partial charge on any atom is -0.396 e. The minimum absolute atomic E-state index is 0.0841. The van der Waals surface area contributed by atoms with E-state index in [9.17, 15) is 15.3 Å². The monoisotopic (exact) mass is 268 g/mol. The van der Waals surface area contributed by atoms with E-state index in [1.165, 1.54) is 0 Å². The predicted octanol–water partition coefficient (Wildman–Crippen LogP) is -2.49. The maximum Gasteiger partial charge on any atom is 0.220 e. The number of ether oxygens (including phenoxy) is 1. The number of rotatable bonds is 6. The van der Waals surface area contributed by atoms with Crippen LogP contribution < -0.4 is 0 Å². The molecule has 5 N–H and O–H groups in total. The Kier molecular flexibility index (Phi) is 6.39. The minimum atomic E-state index is -1.50. The molecule has 1 heterocycles. The van der Waals surface area contributed by atoms with E-state index in [1.807, 2.05) is 0 Å².